The van der Waals surface area contributed by atoms with Crippen LogP contribution in [0, 0.1) is 0 Å². The normalized spacial score (nSPS) is 13.2. The second-order valence-corrected chi connectivity index (χ2v) is 7.03. The van der Waals surface area contributed by atoms with Gasteiger partial charge < -0.3 is 0 Å². The first-order valence-corrected chi connectivity index (χ1v) is 8.00. The maximum atomic E-state index is 11.6. The molecule has 0 fully saturated rings. The third-order valence-electron chi connectivity index (χ3n) is 2.79. The summed E-state index contributed by atoms with van der Waals surface area (Å²) in [7, 11) is -3.26. The van der Waals surface area contributed by atoms with Crippen LogP contribution in [-0.4, -0.2) is 24.6 Å². The van der Waals surface area contributed by atoms with Crippen LogP contribution in [0.5, 0.6) is 0 Å². The van der Waals surface area contributed by atoms with E-state index in [1.165, 1.54) is 0 Å². The molecule has 0 aliphatic rings. The molecule has 1 aromatic carbocycles. The maximum Gasteiger partial charge on any atom is 0.157 e. The van der Waals surface area contributed by atoms with Gasteiger partial charge in [0, 0.05) is 17.9 Å². The van der Waals surface area contributed by atoms with Crippen molar-refractivity contribution < 1.29 is 8.42 Å². The van der Waals surface area contributed by atoms with Gasteiger partial charge in [-0.1, -0.05) is 41.9 Å². The Morgan fingerprint density at radius 1 is 1.16 bits per heavy atom. The number of rotatable bonds is 3. The zero-order valence-electron chi connectivity index (χ0n) is 10.5. The number of hydrogen-bond donors (Lipinski definition) is 0. The van der Waals surface area contributed by atoms with Gasteiger partial charge in [-0.15, -0.1) is 0 Å². The van der Waals surface area contributed by atoms with Crippen molar-refractivity contribution in [2.24, 2.45) is 0 Å². The zero-order valence-corrected chi connectivity index (χ0v) is 12.1. The van der Waals surface area contributed by atoms with Gasteiger partial charge in [-0.05, 0) is 6.92 Å². The summed E-state index contributed by atoms with van der Waals surface area (Å²) in [6.45, 7) is 1.55. The minimum atomic E-state index is -3.26. The number of halogens is 1. The predicted molar refractivity (Wildman–Crippen MR) is 75.7 cm³/mol. The maximum absolute atomic E-state index is 11.6. The molecule has 0 bridgehead atoms. The van der Waals surface area contributed by atoms with Crippen molar-refractivity contribution in [2.45, 2.75) is 12.2 Å². The molecule has 1 heterocycles. The molecule has 1 aromatic heterocycles. The summed E-state index contributed by atoms with van der Waals surface area (Å²) in [5, 5.41) is -0.548. The van der Waals surface area contributed by atoms with Gasteiger partial charge in [0.05, 0.1) is 5.69 Å². The molecule has 2 aromatic rings. The van der Waals surface area contributed by atoms with Gasteiger partial charge in [0.2, 0.25) is 0 Å². The molecule has 0 aliphatic carbocycles. The van der Waals surface area contributed by atoms with Gasteiger partial charge >= 0.3 is 0 Å². The first kappa shape index (κ1) is 14.0. The van der Waals surface area contributed by atoms with Crippen LogP contribution in [0.4, 0.5) is 0 Å². The molecule has 100 valence electrons. The lowest BCUT2D eigenvalue weighted by molar-refractivity contribution is 0.589. The van der Waals surface area contributed by atoms with Gasteiger partial charge in [0.15, 0.2) is 9.84 Å². The summed E-state index contributed by atoms with van der Waals surface area (Å²) in [4.78, 5) is 8.30. The summed E-state index contributed by atoms with van der Waals surface area (Å²) in [6.07, 6.45) is 1.16. The van der Waals surface area contributed by atoms with Crippen LogP contribution in [0.25, 0.3) is 11.3 Å². The van der Waals surface area contributed by atoms with E-state index in [0.29, 0.717) is 5.69 Å². The summed E-state index contributed by atoms with van der Waals surface area (Å²) < 4.78 is 23.1. The minimum Gasteiger partial charge on any atom is -0.231 e. The molecule has 2 rings (SSSR count). The lowest BCUT2D eigenvalue weighted by Crippen LogP contribution is -2.12. The SMILES string of the molecule is CC(c1nc(Cl)cc(-c2ccccc2)n1)S(C)(=O)=O. The highest BCUT2D eigenvalue weighted by Crippen LogP contribution is 2.24. The molecule has 0 spiro atoms. The van der Waals surface area contributed by atoms with Crippen LogP contribution in [0.2, 0.25) is 5.15 Å². The van der Waals surface area contributed by atoms with Crippen LogP contribution < -0.4 is 0 Å². The van der Waals surface area contributed by atoms with Gasteiger partial charge in [-0.3, -0.25) is 0 Å². The van der Waals surface area contributed by atoms with E-state index in [1.807, 2.05) is 30.3 Å². The second-order valence-electron chi connectivity index (χ2n) is 4.27. The van der Waals surface area contributed by atoms with Crippen molar-refractivity contribution in [3.05, 3.63) is 47.4 Å². The fourth-order valence-electron chi connectivity index (χ4n) is 1.57. The van der Waals surface area contributed by atoms with Crippen molar-refractivity contribution in [1.82, 2.24) is 9.97 Å². The Morgan fingerprint density at radius 3 is 2.37 bits per heavy atom. The van der Waals surface area contributed by atoms with E-state index in [-0.39, 0.29) is 11.0 Å². The first-order chi connectivity index (χ1) is 8.88. The smallest absolute Gasteiger partial charge is 0.157 e. The molecule has 4 nitrogen and oxygen atoms in total. The molecule has 0 N–H and O–H groups in total. The fourth-order valence-corrected chi connectivity index (χ4v) is 2.24. The number of nitrogens with zero attached hydrogens (tertiary/aromatic N) is 2. The molecule has 0 aliphatic heterocycles. The quantitative estimate of drug-likeness (QED) is 0.817. The van der Waals surface area contributed by atoms with E-state index >= 15 is 0 Å². The highest BCUT2D eigenvalue weighted by Gasteiger charge is 2.21. The third-order valence-corrected chi connectivity index (χ3v) is 4.48. The molecule has 0 amide bonds. The third kappa shape index (κ3) is 3.30. The Labute approximate surface area is 117 Å². The van der Waals surface area contributed by atoms with Gasteiger partial charge in [-0.2, -0.15) is 0 Å². The number of hydrogen-bond acceptors (Lipinski definition) is 4. The van der Waals surface area contributed by atoms with Crippen LogP contribution >= 0.6 is 11.6 Å². The van der Waals surface area contributed by atoms with Crippen LogP contribution in [0.3, 0.4) is 0 Å². The van der Waals surface area contributed by atoms with E-state index in [4.69, 9.17) is 11.6 Å². The van der Waals surface area contributed by atoms with Crippen molar-refractivity contribution in [1.29, 1.82) is 0 Å². The number of benzene rings is 1. The molecular formula is C13H13ClN2O2S. The zero-order chi connectivity index (χ0) is 14.0. The van der Waals surface area contributed by atoms with Gasteiger partial charge in [0.1, 0.15) is 16.2 Å². The second kappa shape index (κ2) is 5.27. The van der Waals surface area contributed by atoms with Crippen molar-refractivity contribution in [3.63, 3.8) is 0 Å². The van der Waals surface area contributed by atoms with E-state index < -0.39 is 15.1 Å². The number of sulfone groups is 1. The lowest BCUT2D eigenvalue weighted by atomic mass is 10.1. The Morgan fingerprint density at radius 2 is 1.79 bits per heavy atom. The average Bonchev–Trinajstić information content (AvgIpc) is 2.37. The first-order valence-electron chi connectivity index (χ1n) is 5.66. The Bertz CT molecular complexity index is 687. The average molecular weight is 297 g/mol. The molecule has 19 heavy (non-hydrogen) atoms. The highest BCUT2D eigenvalue weighted by atomic mass is 35.5. The monoisotopic (exact) mass is 296 g/mol. The van der Waals surface area contributed by atoms with E-state index in [2.05, 4.69) is 9.97 Å². The molecule has 6 heteroatoms. The summed E-state index contributed by atoms with van der Waals surface area (Å²) in [5.41, 5.74) is 1.49. The van der Waals surface area contributed by atoms with E-state index in [0.717, 1.165) is 11.8 Å². The Balaban J connectivity index is 2.53. The largest absolute Gasteiger partial charge is 0.231 e. The van der Waals surface area contributed by atoms with E-state index in [9.17, 15) is 8.42 Å². The van der Waals surface area contributed by atoms with Crippen LogP contribution in [0.1, 0.15) is 18.0 Å². The van der Waals surface area contributed by atoms with Gasteiger partial charge in [0.25, 0.3) is 0 Å². The van der Waals surface area contributed by atoms with Crippen LogP contribution in [-0.2, 0) is 9.84 Å². The Kier molecular flexibility index (Phi) is 3.87. The molecular weight excluding hydrogens is 284 g/mol. The summed E-state index contributed by atoms with van der Waals surface area (Å²) in [5.74, 6) is 0.217. The number of aromatic nitrogens is 2. The predicted octanol–water partition coefficient (Wildman–Crippen LogP) is 2.90. The van der Waals surface area contributed by atoms with E-state index in [1.54, 1.807) is 13.0 Å². The summed E-state index contributed by atoms with van der Waals surface area (Å²) >= 11 is 5.95. The molecule has 0 radical (unpaired) electrons. The summed E-state index contributed by atoms with van der Waals surface area (Å²) in [6, 6.07) is 11.0. The lowest BCUT2D eigenvalue weighted by Gasteiger charge is -2.10. The fraction of sp³-hybridized carbons (Fsp3) is 0.231. The van der Waals surface area contributed by atoms with Crippen molar-refractivity contribution >= 4 is 21.4 Å². The highest BCUT2D eigenvalue weighted by molar-refractivity contribution is 7.90. The topological polar surface area (TPSA) is 59.9 Å². The molecule has 1 atom stereocenters. The molecule has 1 unspecified atom stereocenters. The van der Waals surface area contributed by atoms with Crippen molar-refractivity contribution in [2.75, 3.05) is 6.26 Å². The van der Waals surface area contributed by atoms with Gasteiger partial charge in [-0.25, -0.2) is 18.4 Å². The van der Waals surface area contributed by atoms with Crippen molar-refractivity contribution in [3.8, 4) is 11.3 Å². The molecule has 0 saturated heterocycles. The molecule has 0 saturated carbocycles. The van der Waals surface area contributed by atoms with Crippen LogP contribution in [0.15, 0.2) is 36.4 Å². The Hall–Kier alpha value is -1.46. The standard InChI is InChI=1S/C13H13ClN2O2S/c1-9(19(2,17)18)13-15-11(8-12(14)16-13)10-6-4-3-5-7-10/h3-9H,1-2H3. The minimum absolute atomic E-state index is 0.217.